The van der Waals surface area contributed by atoms with Crippen molar-refractivity contribution in [3.63, 3.8) is 0 Å². The van der Waals surface area contributed by atoms with Crippen molar-refractivity contribution in [3.8, 4) is 0 Å². The normalized spacial score (nSPS) is 17.4. The van der Waals surface area contributed by atoms with Crippen LogP contribution < -0.4 is 11.3 Å². The smallest absolute Gasteiger partial charge is 0.0307 e. The monoisotopic (exact) mass is 236 g/mol. The van der Waals surface area contributed by atoms with Crippen molar-refractivity contribution >= 4 is 11.8 Å². The highest BCUT2D eigenvalue weighted by atomic mass is 32.2. The van der Waals surface area contributed by atoms with Gasteiger partial charge in [-0.1, -0.05) is 30.5 Å². The Morgan fingerprint density at radius 3 is 2.62 bits per heavy atom. The number of aryl methyl sites for hydroxylation is 1. The Morgan fingerprint density at radius 1 is 1.38 bits per heavy atom. The third-order valence-corrected chi connectivity index (χ3v) is 4.20. The van der Waals surface area contributed by atoms with E-state index in [9.17, 15) is 0 Å². The molecule has 0 radical (unpaired) electrons. The van der Waals surface area contributed by atoms with E-state index in [1.54, 1.807) is 0 Å². The van der Waals surface area contributed by atoms with Crippen molar-refractivity contribution in [2.45, 2.75) is 37.1 Å². The number of hydrogen-bond acceptors (Lipinski definition) is 3. The van der Waals surface area contributed by atoms with Crippen molar-refractivity contribution in [2.24, 2.45) is 11.8 Å². The maximum Gasteiger partial charge on any atom is 0.0307 e. The largest absolute Gasteiger partial charge is 0.271 e. The molecule has 1 atom stereocenters. The van der Waals surface area contributed by atoms with Gasteiger partial charge < -0.3 is 0 Å². The number of hydrogen-bond donors (Lipinski definition) is 2. The van der Waals surface area contributed by atoms with Gasteiger partial charge in [0, 0.05) is 16.7 Å². The lowest BCUT2D eigenvalue weighted by Crippen LogP contribution is -2.37. The number of nitrogens with two attached hydrogens (primary N) is 1. The molecule has 1 aromatic rings. The van der Waals surface area contributed by atoms with Crippen molar-refractivity contribution in [1.82, 2.24) is 5.43 Å². The number of nitrogens with one attached hydrogen (secondary N) is 1. The van der Waals surface area contributed by atoms with Gasteiger partial charge in [-0.25, -0.2) is 0 Å². The highest BCUT2D eigenvalue weighted by Crippen LogP contribution is 2.34. The first-order valence-corrected chi connectivity index (χ1v) is 6.92. The molecular weight excluding hydrogens is 216 g/mol. The molecule has 16 heavy (non-hydrogen) atoms. The highest BCUT2D eigenvalue weighted by Gasteiger charge is 2.24. The first kappa shape index (κ1) is 12.0. The van der Waals surface area contributed by atoms with Gasteiger partial charge in [-0.2, -0.15) is 0 Å². The van der Waals surface area contributed by atoms with Crippen LogP contribution in [0.25, 0.3) is 0 Å². The third kappa shape index (κ3) is 3.81. The second kappa shape index (κ2) is 5.71. The predicted molar refractivity (Wildman–Crippen MR) is 70.4 cm³/mol. The van der Waals surface area contributed by atoms with Crippen molar-refractivity contribution in [1.29, 1.82) is 0 Å². The minimum atomic E-state index is 0.457. The van der Waals surface area contributed by atoms with Crippen molar-refractivity contribution in [2.75, 3.05) is 5.75 Å². The molecular formula is C13H20N2S. The van der Waals surface area contributed by atoms with Crippen LogP contribution in [0, 0.1) is 12.8 Å². The topological polar surface area (TPSA) is 38.0 Å². The summed E-state index contributed by atoms with van der Waals surface area (Å²) >= 11 is 1.89. The van der Waals surface area contributed by atoms with E-state index in [4.69, 9.17) is 5.84 Å². The summed E-state index contributed by atoms with van der Waals surface area (Å²) in [5.74, 6) is 7.57. The van der Waals surface area contributed by atoms with Crippen LogP contribution in [0.3, 0.4) is 0 Å². The molecule has 0 spiro atoms. The molecule has 2 rings (SSSR count). The fraction of sp³-hybridized carbons (Fsp3) is 0.538. The van der Waals surface area contributed by atoms with E-state index in [0.29, 0.717) is 6.04 Å². The molecule has 2 nitrogen and oxygen atoms in total. The Bertz CT molecular complexity index is 319. The summed E-state index contributed by atoms with van der Waals surface area (Å²) in [7, 11) is 0. The van der Waals surface area contributed by atoms with Gasteiger partial charge in [-0.15, -0.1) is 11.8 Å². The summed E-state index contributed by atoms with van der Waals surface area (Å²) in [4.78, 5) is 1.33. The molecule has 0 aliphatic heterocycles. The first-order chi connectivity index (χ1) is 7.78. The lowest BCUT2D eigenvalue weighted by atomic mass is 10.2. The second-order valence-electron chi connectivity index (χ2n) is 4.67. The average Bonchev–Trinajstić information content (AvgIpc) is 3.10. The number of thioether (sulfide) groups is 1. The molecule has 1 fully saturated rings. The van der Waals surface area contributed by atoms with Gasteiger partial charge in [0.1, 0.15) is 0 Å². The minimum absolute atomic E-state index is 0.457. The molecule has 88 valence electrons. The van der Waals surface area contributed by atoms with E-state index in [1.807, 2.05) is 11.8 Å². The van der Waals surface area contributed by atoms with Crippen LogP contribution in [-0.4, -0.2) is 11.8 Å². The van der Waals surface area contributed by atoms with Crippen LogP contribution in [-0.2, 0) is 0 Å². The molecule has 1 unspecified atom stereocenters. The molecule has 3 N–H and O–H groups in total. The van der Waals surface area contributed by atoms with E-state index in [-0.39, 0.29) is 0 Å². The second-order valence-corrected chi connectivity index (χ2v) is 5.76. The van der Waals surface area contributed by atoms with Crippen LogP contribution in [0.4, 0.5) is 0 Å². The molecule has 0 amide bonds. The predicted octanol–water partition coefficient (Wildman–Crippen LogP) is 2.72. The van der Waals surface area contributed by atoms with Crippen LogP contribution in [0.15, 0.2) is 29.2 Å². The van der Waals surface area contributed by atoms with Crippen LogP contribution in [0.1, 0.15) is 24.8 Å². The molecule has 1 saturated carbocycles. The van der Waals surface area contributed by atoms with Gasteiger partial charge in [0.15, 0.2) is 0 Å². The number of benzene rings is 1. The van der Waals surface area contributed by atoms with Crippen LogP contribution >= 0.6 is 11.8 Å². The summed E-state index contributed by atoms with van der Waals surface area (Å²) in [5, 5.41) is 0. The molecule has 0 saturated heterocycles. The summed E-state index contributed by atoms with van der Waals surface area (Å²) < 4.78 is 0. The summed E-state index contributed by atoms with van der Waals surface area (Å²) in [6.45, 7) is 2.12. The zero-order valence-corrected chi connectivity index (χ0v) is 10.6. The quantitative estimate of drug-likeness (QED) is 0.453. The third-order valence-electron chi connectivity index (χ3n) is 3.02. The van der Waals surface area contributed by atoms with E-state index in [2.05, 4.69) is 36.6 Å². The highest BCUT2D eigenvalue weighted by molar-refractivity contribution is 7.99. The van der Waals surface area contributed by atoms with Crippen LogP contribution in [0.5, 0.6) is 0 Å². The summed E-state index contributed by atoms with van der Waals surface area (Å²) in [5.41, 5.74) is 4.25. The zero-order valence-electron chi connectivity index (χ0n) is 9.78. The van der Waals surface area contributed by atoms with Crippen LogP contribution in [0.2, 0.25) is 0 Å². The Morgan fingerprint density at radius 2 is 2.06 bits per heavy atom. The van der Waals surface area contributed by atoms with E-state index >= 15 is 0 Å². The van der Waals surface area contributed by atoms with E-state index < -0.39 is 0 Å². The lowest BCUT2D eigenvalue weighted by Gasteiger charge is -2.14. The maximum atomic E-state index is 5.57. The fourth-order valence-electron chi connectivity index (χ4n) is 1.77. The minimum Gasteiger partial charge on any atom is -0.271 e. The Balaban J connectivity index is 1.77. The van der Waals surface area contributed by atoms with Gasteiger partial charge in [0.2, 0.25) is 0 Å². The van der Waals surface area contributed by atoms with Gasteiger partial charge in [-0.3, -0.25) is 11.3 Å². The first-order valence-electron chi connectivity index (χ1n) is 5.93. The Kier molecular flexibility index (Phi) is 4.27. The molecule has 1 aliphatic carbocycles. The van der Waals surface area contributed by atoms with E-state index in [1.165, 1.54) is 29.7 Å². The standard InChI is InChI=1S/C13H20N2S/c1-10-2-6-13(7-3-10)16-9-12(15-14)8-11-4-5-11/h2-3,6-7,11-12,15H,4-5,8-9,14H2,1H3. The molecule has 0 bridgehead atoms. The molecule has 1 aromatic carbocycles. The van der Waals surface area contributed by atoms with Gasteiger partial charge in [0.25, 0.3) is 0 Å². The Hall–Kier alpha value is -0.510. The van der Waals surface area contributed by atoms with E-state index in [0.717, 1.165) is 11.7 Å². The number of rotatable bonds is 6. The lowest BCUT2D eigenvalue weighted by molar-refractivity contribution is 0.508. The van der Waals surface area contributed by atoms with Gasteiger partial charge >= 0.3 is 0 Å². The SMILES string of the molecule is Cc1ccc(SCC(CC2CC2)NN)cc1. The maximum absolute atomic E-state index is 5.57. The molecule has 1 aliphatic rings. The summed E-state index contributed by atoms with van der Waals surface area (Å²) in [6.07, 6.45) is 4.02. The molecule has 0 aromatic heterocycles. The molecule has 3 heteroatoms. The fourth-order valence-corrected chi connectivity index (χ4v) is 2.73. The average molecular weight is 236 g/mol. The molecule has 0 heterocycles. The summed E-state index contributed by atoms with van der Waals surface area (Å²) in [6, 6.07) is 9.15. The number of hydrazine groups is 1. The van der Waals surface area contributed by atoms with Gasteiger partial charge in [-0.05, 0) is 31.4 Å². The Labute approximate surface area is 102 Å². The van der Waals surface area contributed by atoms with Crippen molar-refractivity contribution in [3.05, 3.63) is 29.8 Å². The van der Waals surface area contributed by atoms with Crippen molar-refractivity contribution < 1.29 is 0 Å². The van der Waals surface area contributed by atoms with Gasteiger partial charge in [0.05, 0.1) is 0 Å². The zero-order chi connectivity index (χ0) is 11.4.